The van der Waals surface area contributed by atoms with Crippen molar-refractivity contribution in [2.75, 3.05) is 19.7 Å². The van der Waals surface area contributed by atoms with Gasteiger partial charge in [-0.2, -0.15) is 0 Å². The third-order valence-electron chi connectivity index (χ3n) is 7.50. The number of carbonyl (C=O) groups is 3. The minimum Gasteiger partial charge on any atom is -0.492 e. The number of halogens is 1. The fourth-order valence-electron chi connectivity index (χ4n) is 4.92. The van der Waals surface area contributed by atoms with E-state index in [1.165, 1.54) is 12.1 Å². The van der Waals surface area contributed by atoms with Crippen LogP contribution in [0.3, 0.4) is 0 Å². The minimum absolute atomic E-state index is 0.185. The number of carbonyl (C=O) groups excluding carboxylic acids is 3. The summed E-state index contributed by atoms with van der Waals surface area (Å²) in [7, 11) is 0. The molecule has 0 radical (unpaired) electrons. The summed E-state index contributed by atoms with van der Waals surface area (Å²) in [6, 6.07) is 11.6. The van der Waals surface area contributed by atoms with Gasteiger partial charge in [-0.1, -0.05) is 44.2 Å². The van der Waals surface area contributed by atoms with Gasteiger partial charge in [0.15, 0.2) is 0 Å². The predicted octanol–water partition coefficient (Wildman–Crippen LogP) is 2.60. The third-order valence-corrected chi connectivity index (χ3v) is 7.50. The Morgan fingerprint density at radius 3 is 2.36 bits per heavy atom. The molecule has 0 saturated heterocycles. The van der Waals surface area contributed by atoms with Gasteiger partial charge in [0, 0.05) is 19.5 Å². The highest BCUT2D eigenvalue weighted by Gasteiger charge is 2.37. The lowest BCUT2D eigenvalue weighted by Gasteiger charge is -2.29. The highest BCUT2D eigenvalue weighted by atomic mass is 19.1. The van der Waals surface area contributed by atoms with Gasteiger partial charge in [0.25, 0.3) is 0 Å². The van der Waals surface area contributed by atoms with E-state index in [9.17, 15) is 18.8 Å². The van der Waals surface area contributed by atoms with Crippen LogP contribution in [0.5, 0.6) is 5.75 Å². The van der Waals surface area contributed by atoms with Crippen molar-refractivity contribution >= 4 is 17.7 Å². The van der Waals surface area contributed by atoms with Crippen LogP contribution in [-0.4, -0.2) is 55.5 Å². The molecule has 0 unspecified atom stereocenters. The SMILES string of the molecule is C[C@H]1NC(=O)[C@H](C2CC2)NCCOc2ccccc2C(C)(C)CCNC(=O)[C@@H](Cc2ccc(F)cc2)NC1=O. The van der Waals surface area contributed by atoms with Crippen molar-refractivity contribution in [2.24, 2.45) is 5.92 Å². The van der Waals surface area contributed by atoms with Crippen LogP contribution < -0.4 is 26.0 Å². The van der Waals surface area contributed by atoms with E-state index < -0.39 is 24.0 Å². The van der Waals surface area contributed by atoms with E-state index in [1.54, 1.807) is 19.1 Å². The zero-order chi connectivity index (χ0) is 28.0. The quantitative estimate of drug-likeness (QED) is 0.481. The number of hydrogen-bond donors (Lipinski definition) is 4. The van der Waals surface area contributed by atoms with Crippen molar-refractivity contribution in [3.05, 3.63) is 65.5 Å². The molecular weight excluding hydrogens is 499 g/mol. The predicted molar refractivity (Wildman–Crippen MR) is 147 cm³/mol. The standard InChI is InChI=1S/C30H39FN4O4/c1-19-27(36)35-24(18-20-8-12-22(31)13-9-20)28(37)33-15-14-30(2,3)23-6-4-5-7-25(23)39-17-16-32-26(21-10-11-21)29(38)34-19/h4-9,12-13,19,21,24,26,32H,10-11,14-18H2,1-3H3,(H,33,37)(H,34,38)(H,35,36)/t19-,24-,26+/m1/s1. The molecule has 3 atom stereocenters. The van der Waals surface area contributed by atoms with Crippen molar-refractivity contribution < 1.29 is 23.5 Å². The molecule has 2 aliphatic rings. The monoisotopic (exact) mass is 538 g/mol. The molecule has 0 aromatic heterocycles. The molecule has 4 N–H and O–H groups in total. The summed E-state index contributed by atoms with van der Waals surface area (Å²) in [4.78, 5) is 39.4. The van der Waals surface area contributed by atoms with Crippen LogP contribution in [-0.2, 0) is 26.2 Å². The molecule has 1 heterocycles. The van der Waals surface area contributed by atoms with E-state index in [0.717, 1.165) is 24.2 Å². The van der Waals surface area contributed by atoms with Crippen molar-refractivity contribution in [2.45, 2.75) is 70.0 Å². The molecule has 2 aromatic rings. The maximum absolute atomic E-state index is 13.4. The average Bonchev–Trinajstić information content (AvgIpc) is 3.74. The molecule has 1 fully saturated rings. The topological polar surface area (TPSA) is 109 Å². The molecule has 0 spiro atoms. The summed E-state index contributed by atoms with van der Waals surface area (Å²) in [6.07, 6.45) is 2.72. The Balaban J connectivity index is 1.57. The Morgan fingerprint density at radius 1 is 0.923 bits per heavy atom. The summed E-state index contributed by atoms with van der Waals surface area (Å²) in [5.74, 6) is -0.432. The number of fused-ring (bicyclic) bond motifs is 1. The van der Waals surface area contributed by atoms with Crippen LogP contribution in [0.2, 0.25) is 0 Å². The molecule has 39 heavy (non-hydrogen) atoms. The van der Waals surface area contributed by atoms with Crippen molar-refractivity contribution in [3.8, 4) is 5.75 Å². The van der Waals surface area contributed by atoms with Gasteiger partial charge in [-0.15, -0.1) is 0 Å². The molecule has 2 aromatic carbocycles. The van der Waals surface area contributed by atoms with E-state index in [-0.39, 0.29) is 35.4 Å². The minimum atomic E-state index is -0.891. The second-order valence-electron chi connectivity index (χ2n) is 11.2. The summed E-state index contributed by atoms with van der Waals surface area (Å²) in [6.45, 7) is 7.06. The zero-order valence-electron chi connectivity index (χ0n) is 22.9. The first-order valence-electron chi connectivity index (χ1n) is 13.7. The Bertz CT molecular complexity index is 1170. The van der Waals surface area contributed by atoms with Crippen LogP contribution in [0.15, 0.2) is 48.5 Å². The van der Waals surface area contributed by atoms with Gasteiger partial charge in [-0.3, -0.25) is 14.4 Å². The van der Waals surface area contributed by atoms with Crippen LogP contribution in [0.4, 0.5) is 4.39 Å². The molecule has 1 aliphatic heterocycles. The van der Waals surface area contributed by atoms with Crippen molar-refractivity contribution in [1.82, 2.24) is 21.3 Å². The zero-order valence-corrected chi connectivity index (χ0v) is 22.9. The number of para-hydroxylation sites is 1. The van der Waals surface area contributed by atoms with Crippen molar-refractivity contribution in [3.63, 3.8) is 0 Å². The Labute approximate surface area is 229 Å². The number of nitrogens with one attached hydrogen (secondary N) is 4. The van der Waals surface area contributed by atoms with E-state index in [2.05, 4.69) is 35.1 Å². The van der Waals surface area contributed by atoms with Gasteiger partial charge in [-0.25, -0.2) is 4.39 Å². The first-order valence-corrected chi connectivity index (χ1v) is 13.7. The number of benzene rings is 2. The average molecular weight is 539 g/mol. The van der Waals surface area contributed by atoms with E-state index in [0.29, 0.717) is 31.7 Å². The second kappa shape index (κ2) is 12.6. The Kier molecular flexibility index (Phi) is 9.22. The highest BCUT2D eigenvalue weighted by Crippen LogP contribution is 2.34. The van der Waals surface area contributed by atoms with Crippen LogP contribution >= 0.6 is 0 Å². The lowest BCUT2D eigenvalue weighted by Crippen LogP contribution is -2.56. The number of amides is 3. The molecule has 3 amide bonds. The fourth-order valence-corrected chi connectivity index (χ4v) is 4.92. The number of ether oxygens (including phenoxy) is 1. The molecule has 9 heteroatoms. The number of hydrogen-bond acceptors (Lipinski definition) is 5. The van der Waals surface area contributed by atoms with Gasteiger partial charge in [-0.05, 0) is 66.8 Å². The number of rotatable bonds is 3. The molecule has 210 valence electrons. The molecule has 1 aliphatic carbocycles. The van der Waals surface area contributed by atoms with Gasteiger partial charge in [0.1, 0.15) is 30.3 Å². The van der Waals surface area contributed by atoms with E-state index in [1.807, 2.05) is 24.3 Å². The molecule has 1 saturated carbocycles. The van der Waals surface area contributed by atoms with Crippen LogP contribution in [0.1, 0.15) is 51.2 Å². The van der Waals surface area contributed by atoms with Gasteiger partial charge in [0.2, 0.25) is 17.7 Å². The summed E-state index contributed by atoms with van der Waals surface area (Å²) in [5, 5.41) is 11.9. The second-order valence-corrected chi connectivity index (χ2v) is 11.2. The Morgan fingerprint density at radius 2 is 1.64 bits per heavy atom. The highest BCUT2D eigenvalue weighted by molar-refractivity contribution is 5.93. The first kappa shape index (κ1) is 28.5. The van der Waals surface area contributed by atoms with Crippen molar-refractivity contribution in [1.29, 1.82) is 0 Å². The fraction of sp³-hybridized carbons (Fsp3) is 0.500. The maximum atomic E-state index is 13.4. The molecule has 8 nitrogen and oxygen atoms in total. The smallest absolute Gasteiger partial charge is 0.242 e. The van der Waals surface area contributed by atoms with Crippen LogP contribution in [0, 0.1) is 11.7 Å². The van der Waals surface area contributed by atoms with Gasteiger partial charge in [0.05, 0.1) is 6.04 Å². The third kappa shape index (κ3) is 7.79. The molecular formula is C30H39FN4O4. The lowest BCUT2D eigenvalue weighted by molar-refractivity contribution is -0.132. The first-order chi connectivity index (χ1) is 18.6. The lowest BCUT2D eigenvalue weighted by atomic mass is 9.81. The van der Waals surface area contributed by atoms with Gasteiger partial charge < -0.3 is 26.0 Å². The van der Waals surface area contributed by atoms with E-state index in [4.69, 9.17) is 4.74 Å². The summed E-state index contributed by atoms with van der Waals surface area (Å²) < 4.78 is 19.6. The summed E-state index contributed by atoms with van der Waals surface area (Å²) in [5.41, 5.74) is 1.44. The molecule has 4 rings (SSSR count). The Hall–Kier alpha value is -3.46. The summed E-state index contributed by atoms with van der Waals surface area (Å²) >= 11 is 0. The molecule has 0 bridgehead atoms. The van der Waals surface area contributed by atoms with E-state index >= 15 is 0 Å². The maximum Gasteiger partial charge on any atom is 0.242 e. The normalized spacial score (nSPS) is 25.1. The largest absolute Gasteiger partial charge is 0.492 e. The van der Waals surface area contributed by atoms with Gasteiger partial charge >= 0.3 is 0 Å². The van der Waals surface area contributed by atoms with Crippen LogP contribution in [0.25, 0.3) is 0 Å².